The molecule has 0 amide bonds. The second-order valence-corrected chi connectivity index (χ2v) is 12.5. The van der Waals surface area contributed by atoms with Gasteiger partial charge in [-0.3, -0.25) is 0 Å². The van der Waals surface area contributed by atoms with Gasteiger partial charge in [-0.15, -0.1) is 25.2 Å². The molecule has 2 aliphatic carbocycles. The van der Waals surface area contributed by atoms with E-state index in [9.17, 15) is 0 Å². The monoisotopic (exact) mass is 619 g/mol. The molecule has 10 nitrogen and oxygen atoms in total. The van der Waals surface area contributed by atoms with Gasteiger partial charge in [0.1, 0.15) is 4.91 Å². The summed E-state index contributed by atoms with van der Waals surface area (Å²) in [5.74, 6) is 2.34. The van der Waals surface area contributed by atoms with Crippen molar-refractivity contribution in [3.8, 4) is 0 Å². The zero-order valence-electron chi connectivity index (χ0n) is 24.6. The molecule has 0 aromatic carbocycles. The van der Waals surface area contributed by atoms with Crippen LogP contribution in [0.4, 0.5) is 0 Å². The van der Waals surface area contributed by atoms with E-state index in [4.69, 9.17) is 48.1 Å². The molecule has 0 aromatic rings. The normalized spacial score (nSPS) is 38.3. The number of allylic oxidation sites excluding steroid dienone is 3. The molecule has 236 valence electrons. The summed E-state index contributed by atoms with van der Waals surface area (Å²) in [5, 5.41) is 31.7. The van der Waals surface area contributed by atoms with E-state index in [1.54, 1.807) is 0 Å². The van der Waals surface area contributed by atoms with Gasteiger partial charge in [-0.25, -0.2) is 10.4 Å². The Kier molecular flexibility index (Phi) is 13.8. The molecule has 3 saturated heterocycles. The predicted octanol–water partition coefficient (Wildman–Crippen LogP) is 6.09. The van der Waals surface area contributed by atoms with Gasteiger partial charge < -0.3 is 32.7 Å². The maximum Gasteiger partial charge on any atom is 1.00 e. The molecular weight excluding hydrogens is 570 g/mol. The van der Waals surface area contributed by atoms with Crippen LogP contribution in [0.1, 0.15) is 84.5 Å². The van der Waals surface area contributed by atoms with E-state index in [1.807, 2.05) is 0 Å². The number of rotatable bonds is 2. The Morgan fingerprint density at radius 3 is 2.20 bits per heavy atom. The van der Waals surface area contributed by atoms with E-state index in [-0.39, 0.29) is 35.4 Å². The number of hydrogen-bond acceptors (Lipinski definition) is 3. The summed E-state index contributed by atoms with van der Waals surface area (Å²) < 4.78 is 0. The van der Waals surface area contributed by atoms with E-state index in [2.05, 4.69) is 32.1 Å². The number of piperidine rings is 3. The fourth-order valence-corrected chi connectivity index (χ4v) is 7.33. The molecule has 6 N–H and O–H groups in total. The van der Waals surface area contributed by atoms with Crippen molar-refractivity contribution in [2.24, 2.45) is 29.2 Å². The zero-order valence-corrected chi connectivity index (χ0v) is 25.6. The molecule has 1 saturated carbocycles. The largest absolute Gasteiger partial charge is 1.00 e. The average Bonchev–Trinajstić information content (AvgIpc) is 2.95. The van der Waals surface area contributed by atoms with Crippen LogP contribution in [0.5, 0.6) is 0 Å². The van der Waals surface area contributed by atoms with Gasteiger partial charge in [-0.05, 0) is 55.1 Å². The van der Waals surface area contributed by atoms with Crippen molar-refractivity contribution >= 4 is 0 Å². The fraction of sp³-hybridized carbons (Fsp3) is 0.800. The van der Waals surface area contributed by atoms with Crippen LogP contribution in [0.25, 0.3) is 21.3 Å². The first-order chi connectivity index (χ1) is 19.2. The predicted molar refractivity (Wildman–Crippen MR) is 158 cm³/mol. The standard InChI is InChI=1S/C15H27N3.C15H21N3.Cu.H2NO3/c2*1-10-5-6-11-9-14(13-4-2-3-7-17-13)18-15(16)12(11)8-10;;2-1(3)4/h10-15H,2-9,16H2,1H3;5,8-9,13-15H,2-4,6-7,16H2,1H3;;(H2,2,3,4)/q2*-2;2*+1. The second-order valence-electron chi connectivity index (χ2n) is 12.5. The topological polar surface area (TPSA) is 169 Å². The molecule has 0 aromatic heterocycles. The molecule has 11 heteroatoms. The Hall–Kier alpha value is -1.30. The Bertz CT molecular complexity index is 929. The Morgan fingerprint density at radius 1 is 0.902 bits per heavy atom. The van der Waals surface area contributed by atoms with E-state index >= 15 is 0 Å². The molecule has 9 unspecified atom stereocenters. The number of nitrogens with zero attached hydrogens (tertiary/aromatic N) is 5. The summed E-state index contributed by atoms with van der Waals surface area (Å²) in [6.07, 6.45) is 20.5. The van der Waals surface area contributed by atoms with Crippen molar-refractivity contribution < 1.29 is 32.6 Å². The van der Waals surface area contributed by atoms with Crippen LogP contribution >= 0.6 is 0 Å². The van der Waals surface area contributed by atoms with Gasteiger partial charge in [-0.2, -0.15) is 12.1 Å². The van der Waals surface area contributed by atoms with Crippen molar-refractivity contribution in [1.82, 2.24) is 0 Å². The van der Waals surface area contributed by atoms with Crippen LogP contribution in [-0.4, -0.2) is 65.1 Å². The van der Waals surface area contributed by atoms with E-state index < -0.39 is 5.09 Å². The van der Waals surface area contributed by atoms with Crippen LogP contribution in [0, 0.1) is 22.7 Å². The van der Waals surface area contributed by atoms with Gasteiger partial charge in [-0.1, -0.05) is 94.4 Å². The van der Waals surface area contributed by atoms with Crippen LogP contribution in [0.15, 0.2) is 34.9 Å². The fourth-order valence-electron chi connectivity index (χ4n) is 7.33. The number of nitrogens with two attached hydrogens (primary N) is 2. The second kappa shape index (κ2) is 16.5. The minimum atomic E-state index is -1.25. The maximum atomic E-state index is 8.47. The smallest absolute Gasteiger partial charge is 0.661 e. The Balaban J connectivity index is 0.000000196. The molecular formula is C30H50CuN7O3-2. The molecule has 6 rings (SSSR count). The van der Waals surface area contributed by atoms with Gasteiger partial charge in [0.2, 0.25) is 0 Å². The van der Waals surface area contributed by atoms with Crippen molar-refractivity contribution in [3.63, 3.8) is 0 Å². The SMILES string of the molecule is CC1=CCC2=CC(C3CCCC[N-]3)[N-]C(N)C2=C1.CC1CCC2CC(C3CCCC[N-]3)[N-]C(N)C2C1.O=[N+](O)O.[Cu+]. The summed E-state index contributed by atoms with van der Waals surface area (Å²) in [6.45, 7) is 6.54. The summed E-state index contributed by atoms with van der Waals surface area (Å²) >= 11 is 0. The molecule has 0 radical (unpaired) electrons. The first kappa shape index (κ1) is 34.2. The van der Waals surface area contributed by atoms with Gasteiger partial charge >= 0.3 is 22.2 Å². The number of fused-ring (bicyclic) bond motifs is 2. The van der Waals surface area contributed by atoms with E-state index in [0.29, 0.717) is 24.0 Å². The summed E-state index contributed by atoms with van der Waals surface area (Å²) in [6, 6.07) is 1.50. The minimum Gasteiger partial charge on any atom is -0.661 e. The zero-order chi connectivity index (χ0) is 28.6. The summed E-state index contributed by atoms with van der Waals surface area (Å²) in [5.41, 5.74) is 16.4. The van der Waals surface area contributed by atoms with E-state index in [1.165, 1.54) is 80.9 Å². The Morgan fingerprint density at radius 2 is 1.56 bits per heavy atom. The van der Waals surface area contributed by atoms with Gasteiger partial charge in [0.05, 0.1) is 0 Å². The molecule has 4 fully saturated rings. The van der Waals surface area contributed by atoms with Crippen LogP contribution in [0.2, 0.25) is 0 Å². The molecule has 4 heterocycles. The summed E-state index contributed by atoms with van der Waals surface area (Å²) in [7, 11) is 0. The molecule has 41 heavy (non-hydrogen) atoms. The third-order valence-corrected chi connectivity index (χ3v) is 9.46. The molecule has 4 aliphatic heterocycles. The summed E-state index contributed by atoms with van der Waals surface area (Å²) in [4.78, 5) is 8.47. The molecule has 0 spiro atoms. The maximum absolute atomic E-state index is 8.47. The van der Waals surface area contributed by atoms with E-state index in [0.717, 1.165) is 31.3 Å². The molecule has 0 bridgehead atoms. The third-order valence-electron chi connectivity index (χ3n) is 9.46. The molecule has 6 aliphatic rings. The quantitative estimate of drug-likeness (QED) is 0.216. The van der Waals surface area contributed by atoms with Crippen LogP contribution in [0.3, 0.4) is 0 Å². The van der Waals surface area contributed by atoms with Crippen molar-refractivity contribution in [1.29, 1.82) is 0 Å². The van der Waals surface area contributed by atoms with Crippen molar-refractivity contribution in [3.05, 3.63) is 61.1 Å². The van der Waals surface area contributed by atoms with Gasteiger partial charge in [0.25, 0.3) is 0 Å². The van der Waals surface area contributed by atoms with Crippen LogP contribution in [-0.2, 0) is 17.1 Å². The first-order valence-corrected chi connectivity index (χ1v) is 15.4. The minimum absolute atomic E-state index is 0. The Labute approximate surface area is 256 Å². The van der Waals surface area contributed by atoms with Gasteiger partial charge in [0.15, 0.2) is 0 Å². The third kappa shape index (κ3) is 9.86. The first-order valence-electron chi connectivity index (χ1n) is 15.4. The molecule has 9 atom stereocenters. The van der Waals surface area contributed by atoms with Crippen LogP contribution < -0.4 is 11.5 Å². The van der Waals surface area contributed by atoms with Crippen molar-refractivity contribution in [2.75, 3.05) is 13.1 Å². The average molecular weight is 620 g/mol. The van der Waals surface area contributed by atoms with Gasteiger partial charge in [0, 0.05) is 0 Å². The number of hydrogen-bond donors (Lipinski definition) is 4. The van der Waals surface area contributed by atoms with Crippen molar-refractivity contribution in [2.45, 2.75) is 121 Å².